The predicted octanol–water partition coefficient (Wildman–Crippen LogP) is 2.80. The van der Waals surface area contributed by atoms with E-state index in [1.165, 1.54) is 25.6 Å². The number of benzene rings is 1. The molecule has 1 aromatic heterocycles. The van der Waals surface area contributed by atoms with Gasteiger partial charge in [0.1, 0.15) is 10.6 Å². The van der Waals surface area contributed by atoms with Crippen LogP contribution in [0.25, 0.3) is 0 Å². The van der Waals surface area contributed by atoms with Crippen LogP contribution in [0.15, 0.2) is 35.7 Å². The Morgan fingerprint density at radius 2 is 1.90 bits per heavy atom. The van der Waals surface area contributed by atoms with Crippen molar-refractivity contribution < 1.29 is 19.1 Å². The van der Waals surface area contributed by atoms with Gasteiger partial charge < -0.3 is 14.8 Å². The van der Waals surface area contributed by atoms with Crippen molar-refractivity contribution in [3.8, 4) is 5.75 Å². The van der Waals surface area contributed by atoms with Crippen LogP contribution in [0.1, 0.15) is 20.0 Å². The molecule has 1 heterocycles. The summed E-state index contributed by atoms with van der Waals surface area (Å²) < 4.78 is 9.78. The monoisotopic (exact) mass is 291 g/mol. The Kier molecular flexibility index (Phi) is 4.37. The van der Waals surface area contributed by atoms with E-state index in [0.29, 0.717) is 21.9 Å². The molecular formula is C14H13NO4S. The third-order valence-electron chi connectivity index (χ3n) is 2.64. The molecular weight excluding hydrogens is 278 g/mol. The van der Waals surface area contributed by atoms with Crippen LogP contribution >= 0.6 is 11.3 Å². The minimum atomic E-state index is -0.501. The van der Waals surface area contributed by atoms with E-state index >= 15 is 0 Å². The molecule has 2 rings (SSSR count). The molecule has 0 saturated carbocycles. The van der Waals surface area contributed by atoms with Crippen molar-refractivity contribution >= 4 is 28.9 Å². The Labute approximate surface area is 120 Å². The lowest BCUT2D eigenvalue weighted by Gasteiger charge is -2.09. The summed E-state index contributed by atoms with van der Waals surface area (Å²) in [6.45, 7) is 0. The first-order valence-electron chi connectivity index (χ1n) is 5.77. The minimum absolute atomic E-state index is 0.305. The number of hydrogen-bond donors (Lipinski definition) is 1. The van der Waals surface area contributed by atoms with Gasteiger partial charge in [0.2, 0.25) is 0 Å². The van der Waals surface area contributed by atoms with Crippen molar-refractivity contribution in [2.75, 3.05) is 19.5 Å². The molecule has 0 unspecified atom stereocenters. The molecule has 0 fully saturated rings. The van der Waals surface area contributed by atoms with E-state index in [4.69, 9.17) is 4.74 Å². The number of ether oxygens (including phenoxy) is 2. The van der Waals surface area contributed by atoms with E-state index in [2.05, 4.69) is 10.1 Å². The SMILES string of the molecule is COC(=O)c1ccccc1NC(=O)c1sccc1OC. The van der Waals surface area contributed by atoms with Crippen LogP contribution in [0.3, 0.4) is 0 Å². The third-order valence-corrected chi connectivity index (χ3v) is 3.53. The number of esters is 1. The molecule has 0 aliphatic heterocycles. The van der Waals surface area contributed by atoms with E-state index in [1.54, 1.807) is 35.7 Å². The zero-order chi connectivity index (χ0) is 14.5. The van der Waals surface area contributed by atoms with Gasteiger partial charge in [-0.2, -0.15) is 0 Å². The summed E-state index contributed by atoms with van der Waals surface area (Å²) in [6.07, 6.45) is 0. The largest absolute Gasteiger partial charge is 0.495 e. The number of nitrogens with one attached hydrogen (secondary N) is 1. The molecule has 1 N–H and O–H groups in total. The average molecular weight is 291 g/mol. The Balaban J connectivity index is 2.26. The summed E-state index contributed by atoms with van der Waals surface area (Å²) in [5, 5.41) is 4.46. The van der Waals surface area contributed by atoms with Crippen molar-refractivity contribution in [1.29, 1.82) is 0 Å². The molecule has 20 heavy (non-hydrogen) atoms. The van der Waals surface area contributed by atoms with Crippen molar-refractivity contribution in [2.45, 2.75) is 0 Å². The summed E-state index contributed by atoms with van der Waals surface area (Å²) in [5.74, 6) is -0.324. The van der Waals surface area contributed by atoms with E-state index in [9.17, 15) is 9.59 Å². The highest BCUT2D eigenvalue weighted by atomic mass is 32.1. The molecule has 6 heteroatoms. The van der Waals surface area contributed by atoms with Crippen molar-refractivity contribution in [2.24, 2.45) is 0 Å². The standard InChI is InChI=1S/C14H13NO4S/c1-18-11-7-8-20-12(11)13(16)15-10-6-4-3-5-9(10)14(17)19-2/h3-8H,1-2H3,(H,15,16). The fraction of sp³-hybridized carbons (Fsp3) is 0.143. The fourth-order valence-corrected chi connectivity index (χ4v) is 2.44. The maximum Gasteiger partial charge on any atom is 0.339 e. The molecule has 0 spiro atoms. The highest BCUT2D eigenvalue weighted by Gasteiger charge is 2.17. The first-order valence-corrected chi connectivity index (χ1v) is 6.65. The molecule has 2 aromatic rings. The van der Waals surface area contributed by atoms with Gasteiger partial charge >= 0.3 is 5.97 Å². The van der Waals surface area contributed by atoms with Gasteiger partial charge in [0.15, 0.2) is 0 Å². The molecule has 0 bridgehead atoms. The molecule has 0 atom stereocenters. The Bertz CT molecular complexity index is 636. The number of thiophene rings is 1. The lowest BCUT2D eigenvalue weighted by Crippen LogP contribution is -2.14. The van der Waals surface area contributed by atoms with Crippen molar-refractivity contribution in [1.82, 2.24) is 0 Å². The highest BCUT2D eigenvalue weighted by Crippen LogP contribution is 2.26. The van der Waals surface area contributed by atoms with Gasteiger partial charge in [-0.15, -0.1) is 11.3 Å². The van der Waals surface area contributed by atoms with Crippen LogP contribution in [0, 0.1) is 0 Å². The molecule has 0 aliphatic rings. The number of carbonyl (C=O) groups excluding carboxylic acids is 2. The summed E-state index contributed by atoms with van der Waals surface area (Å²) in [7, 11) is 2.80. The van der Waals surface area contributed by atoms with Crippen molar-refractivity contribution in [3.05, 3.63) is 46.2 Å². The van der Waals surface area contributed by atoms with Gasteiger partial charge in [-0.05, 0) is 23.6 Å². The maximum atomic E-state index is 12.2. The van der Waals surface area contributed by atoms with Crippen molar-refractivity contribution in [3.63, 3.8) is 0 Å². The van der Waals surface area contributed by atoms with Gasteiger partial charge in [0.25, 0.3) is 5.91 Å². The molecule has 0 radical (unpaired) electrons. The molecule has 1 amide bonds. The van der Waals surface area contributed by atoms with Gasteiger partial charge in [-0.25, -0.2) is 4.79 Å². The number of methoxy groups -OCH3 is 2. The van der Waals surface area contributed by atoms with E-state index in [0.717, 1.165) is 0 Å². The third kappa shape index (κ3) is 2.80. The first kappa shape index (κ1) is 14.1. The summed E-state index contributed by atoms with van der Waals surface area (Å²) in [5.41, 5.74) is 0.707. The topological polar surface area (TPSA) is 64.6 Å². The lowest BCUT2D eigenvalue weighted by molar-refractivity contribution is 0.0602. The summed E-state index contributed by atoms with van der Waals surface area (Å²) >= 11 is 1.27. The molecule has 0 aliphatic carbocycles. The minimum Gasteiger partial charge on any atom is -0.495 e. The molecule has 5 nitrogen and oxygen atoms in total. The normalized spacial score (nSPS) is 9.90. The quantitative estimate of drug-likeness (QED) is 0.880. The second-order valence-corrected chi connectivity index (χ2v) is 4.73. The van der Waals surface area contributed by atoms with Gasteiger partial charge in [-0.3, -0.25) is 4.79 Å². The van der Waals surface area contributed by atoms with E-state index in [-0.39, 0.29) is 5.91 Å². The number of para-hydroxylation sites is 1. The number of hydrogen-bond acceptors (Lipinski definition) is 5. The lowest BCUT2D eigenvalue weighted by atomic mass is 10.2. The first-order chi connectivity index (χ1) is 9.67. The second kappa shape index (κ2) is 6.21. The van der Waals surface area contributed by atoms with Crippen LogP contribution in [0.5, 0.6) is 5.75 Å². The Hall–Kier alpha value is -2.34. The van der Waals surface area contributed by atoms with Crippen LogP contribution in [-0.2, 0) is 4.74 Å². The van der Waals surface area contributed by atoms with Gasteiger partial charge in [-0.1, -0.05) is 12.1 Å². The summed E-state index contributed by atoms with van der Waals surface area (Å²) in [4.78, 5) is 24.3. The smallest absolute Gasteiger partial charge is 0.339 e. The Morgan fingerprint density at radius 1 is 1.15 bits per heavy atom. The van der Waals surface area contributed by atoms with Gasteiger partial charge in [0, 0.05) is 0 Å². The highest BCUT2D eigenvalue weighted by molar-refractivity contribution is 7.12. The maximum absolute atomic E-state index is 12.2. The fourth-order valence-electron chi connectivity index (χ4n) is 1.68. The zero-order valence-corrected chi connectivity index (χ0v) is 11.8. The van der Waals surface area contributed by atoms with Crippen LogP contribution in [0.2, 0.25) is 0 Å². The van der Waals surface area contributed by atoms with Gasteiger partial charge in [0.05, 0.1) is 25.5 Å². The molecule has 1 aromatic carbocycles. The second-order valence-electron chi connectivity index (χ2n) is 3.81. The summed E-state index contributed by atoms with van der Waals surface area (Å²) in [6, 6.07) is 8.38. The van der Waals surface area contributed by atoms with Crippen LogP contribution in [-0.4, -0.2) is 26.1 Å². The average Bonchev–Trinajstić information content (AvgIpc) is 2.95. The zero-order valence-electron chi connectivity index (χ0n) is 11.0. The predicted molar refractivity (Wildman–Crippen MR) is 76.6 cm³/mol. The molecule has 0 saturated heterocycles. The molecule has 104 valence electrons. The number of anilines is 1. The number of carbonyl (C=O) groups is 2. The number of rotatable bonds is 4. The van der Waals surface area contributed by atoms with Crippen LogP contribution < -0.4 is 10.1 Å². The Morgan fingerprint density at radius 3 is 2.60 bits per heavy atom. The van der Waals surface area contributed by atoms with Crippen LogP contribution in [0.4, 0.5) is 5.69 Å². The van der Waals surface area contributed by atoms with E-state index < -0.39 is 5.97 Å². The van der Waals surface area contributed by atoms with E-state index in [1.807, 2.05) is 0 Å². The number of amides is 1.